The van der Waals surface area contributed by atoms with Crippen LogP contribution in [-0.4, -0.2) is 93.9 Å². The minimum Gasteiger partial charge on any atom is -0.414 e. The molecule has 1 N–H and O–H groups in total. The van der Waals surface area contributed by atoms with Crippen LogP contribution in [0.4, 0.5) is 0 Å². The second-order valence-electron chi connectivity index (χ2n) is 11.2. The average Bonchev–Trinajstić information content (AvgIpc) is 2.64. The van der Waals surface area contributed by atoms with Gasteiger partial charge >= 0.3 is 0 Å². The molecule has 0 aromatic heterocycles. The predicted molar refractivity (Wildman–Crippen MR) is 136 cm³/mol. The zero-order valence-electron chi connectivity index (χ0n) is 22.5. The molecule has 0 unspecified atom stereocenters. The first kappa shape index (κ1) is 32.2. The van der Waals surface area contributed by atoms with Crippen LogP contribution in [0.15, 0.2) is 0 Å². The van der Waals surface area contributed by atoms with E-state index < -0.39 is 16.6 Å². The molecule has 0 aromatic rings. The third-order valence-corrected chi connectivity index (χ3v) is 15.5. The maximum atomic E-state index is 8.80. The topological polar surface area (TPSA) is 75.6 Å². The quantitative estimate of drug-likeness (QED) is 0.222. The van der Waals surface area contributed by atoms with Gasteiger partial charge in [-0.05, 0) is 36.3 Å². The van der Waals surface area contributed by atoms with E-state index in [0.717, 1.165) is 0 Å². The van der Waals surface area contributed by atoms with Crippen LogP contribution < -0.4 is 0 Å². The van der Waals surface area contributed by atoms with Crippen molar-refractivity contribution in [2.45, 2.75) is 83.9 Å². The third-order valence-electron chi connectivity index (χ3n) is 6.42. The van der Waals surface area contributed by atoms with E-state index in [2.05, 4.69) is 67.7 Å². The summed E-state index contributed by atoms with van der Waals surface area (Å²) in [6.45, 7) is 26.6. The molecule has 0 fully saturated rings. The van der Waals surface area contributed by atoms with Crippen molar-refractivity contribution >= 4 is 16.6 Å². The van der Waals surface area contributed by atoms with Gasteiger partial charge in [0.05, 0.1) is 66.1 Å². The Hall–Kier alpha value is 0.154. The Kier molecular flexibility index (Phi) is 15.3. The van der Waals surface area contributed by atoms with Gasteiger partial charge in [0.25, 0.3) is 0 Å². The Morgan fingerprint density at radius 3 is 1.38 bits per heavy atom. The summed E-state index contributed by atoms with van der Waals surface area (Å²) in [6, 6.07) is 0. The van der Waals surface area contributed by atoms with Gasteiger partial charge in [-0.1, -0.05) is 41.5 Å². The molecule has 0 aromatic carbocycles. The molecule has 0 saturated heterocycles. The van der Waals surface area contributed by atoms with E-state index in [-0.39, 0.29) is 22.8 Å². The first-order chi connectivity index (χ1) is 14.6. The minimum absolute atomic E-state index is 0.0120. The molecule has 194 valence electrons. The lowest BCUT2D eigenvalue weighted by molar-refractivity contribution is -0.0790. The van der Waals surface area contributed by atoms with Crippen molar-refractivity contribution in [1.82, 2.24) is 0 Å². The number of hydrogen-bond acceptors (Lipinski definition) is 7. The Balaban J connectivity index is 4.32. The standard InChI is InChI=1S/C23H52O7Si2/c1-22(2,3)31(7,8)29-17-14-26-19-21(28-16-13-25-12-11-24)20-27-15-18-30-32(9,10)23(4,5)6/h21,24H,11-20H2,1-10H3. The summed E-state index contributed by atoms with van der Waals surface area (Å²) in [4.78, 5) is 0. The van der Waals surface area contributed by atoms with Gasteiger partial charge in [0.15, 0.2) is 16.6 Å². The summed E-state index contributed by atoms with van der Waals surface area (Å²) in [5.74, 6) is 0. The maximum absolute atomic E-state index is 8.80. The lowest BCUT2D eigenvalue weighted by Crippen LogP contribution is -2.42. The van der Waals surface area contributed by atoms with E-state index in [1.807, 2.05) is 0 Å². The molecule has 7 nitrogen and oxygen atoms in total. The minimum atomic E-state index is -1.76. The van der Waals surface area contributed by atoms with Crippen LogP contribution in [0.3, 0.4) is 0 Å². The SMILES string of the molecule is CC(C)(C)[Si](C)(C)OCCOCC(COCCO[Si](C)(C)C(C)(C)C)OCCOCCO. The fourth-order valence-electron chi connectivity index (χ4n) is 2.16. The molecule has 0 amide bonds. The van der Waals surface area contributed by atoms with Crippen LogP contribution >= 0.6 is 0 Å². The molecule has 0 bridgehead atoms. The van der Waals surface area contributed by atoms with Crippen LogP contribution in [0.1, 0.15) is 41.5 Å². The molecule has 0 spiro atoms. The molecule has 0 saturated carbocycles. The summed E-state index contributed by atoms with van der Waals surface area (Å²) in [5.41, 5.74) is 0. The number of hydrogen-bond donors (Lipinski definition) is 1. The Morgan fingerprint density at radius 1 is 0.594 bits per heavy atom. The van der Waals surface area contributed by atoms with Gasteiger partial charge in [-0.2, -0.15) is 0 Å². The lowest BCUT2D eigenvalue weighted by atomic mass is 10.2. The van der Waals surface area contributed by atoms with E-state index >= 15 is 0 Å². The number of aliphatic hydroxyl groups excluding tert-OH is 1. The van der Waals surface area contributed by atoms with Crippen molar-refractivity contribution in [3.8, 4) is 0 Å². The van der Waals surface area contributed by atoms with Crippen molar-refractivity contribution in [3.63, 3.8) is 0 Å². The molecule has 0 aliphatic heterocycles. The maximum Gasteiger partial charge on any atom is 0.192 e. The van der Waals surface area contributed by atoms with Gasteiger partial charge in [0, 0.05) is 0 Å². The van der Waals surface area contributed by atoms with Crippen molar-refractivity contribution in [2.24, 2.45) is 0 Å². The van der Waals surface area contributed by atoms with E-state index in [9.17, 15) is 0 Å². The highest BCUT2D eigenvalue weighted by Gasteiger charge is 2.37. The zero-order valence-corrected chi connectivity index (χ0v) is 24.5. The van der Waals surface area contributed by atoms with Crippen LogP contribution in [0.2, 0.25) is 36.3 Å². The van der Waals surface area contributed by atoms with E-state index in [4.69, 9.17) is 32.9 Å². The summed E-state index contributed by atoms with van der Waals surface area (Å²) >= 11 is 0. The van der Waals surface area contributed by atoms with Crippen molar-refractivity contribution in [1.29, 1.82) is 0 Å². The van der Waals surface area contributed by atoms with E-state index in [1.165, 1.54) is 0 Å². The fourth-order valence-corrected chi connectivity index (χ4v) is 4.21. The fraction of sp³-hybridized carbons (Fsp3) is 1.00. The van der Waals surface area contributed by atoms with Gasteiger partial charge in [-0.25, -0.2) is 0 Å². The molecule has 32 heavy (non-hydrogen) atoms. The summed E-state index contributed by atoms with van der Waals surface area (Å²) in [6.07, 6.45) is -0.187. The van der Waals surface area contributed by atoms with Gasteiger partial charge < -0.3 is 32.9 Å². The van der Waals surface area contributed by atoms with Crippen molar-refractivity contribution in [3.05, 3.63) is 0 Å². The second kappa shape index (κ2) is 15.2. The van der Waals surface area contributed by atoms with Crippen LogP contribution in [0.25, 0.3) is 0 Å². The first-order valence-electron chi connectivity index (χ1n) is 11.9. The summed E-state index contributed by atoms with van der Waals surface area (Å²) < 4.78 is 35.1. The van der Waals surface area contributed by atoms with Crippen molar-refractivity contribution in [2.75, 3.05) is 66.1 Å². The molecule has 9 heteroatoms. The first-order valence-corrected chi connectivity index (χ1v) is 17.7. The van der Waals surface area contributed by atoms with Crippen LogP contribution in [0, 0.1) is 0 Å². The summed E-state index contributed by atoms with van der Waals surface area (Å²) in [5, 5.41) is 9.18. The number of ether oxygens (including phenoxy) is 4. The largest absolute Gasteiger partial charge is 0.414 e. The molecule has 0 aliphatic carbocycles. The van der Waals surface area contributed by atoms with Crippen LogP contribution in [-0.2, 0) is 27.8 Å². The highest BCUT2D eigenvalue weighted by atomic mass is 28.4. The predicted octanol–water partition coefficient (Wildman–Crippen LogP) is 4.46. The van der Waals surface area contributed by atoms with E-state index in [0.29, 0.717) is 59.5 Å². The van der Waals surface area contributed by atoms with E-state index in [1.54, 1.807) is 0 Å². The molecule has 0 atom stereocenters. The number of aliphatic hydroxyl groups is 1. The number of rotatable bonds is 18. The Morgan fingerprint density at radius 2 is 1.00 bits per heavy atom. The summed E-state index contributed by atoms with van der Waals surface area (Å²) in [7, 11) is -3.52. The molecular formula is C23H52O7Si2. The average molecular weight is 497 g/mol. The normalized spacial score (nSPS) is 13.9. The highest BCUT2D eigenvalue weighted by molar-refractivity contribution is 6.74. The smallest absolute Gasteiger partial charge is 0.192 e. The Labute approximate surface area is 199 Å². The van der Waals surface area contributed by atoms with Gasteiger partial charge in [0.2, 0.25) is 0 Å². The van der Waals surface area contributed by atoms with Gasteiger partial charge in [0.1, 0.15) is 6.10 Å². The molecule has 0 heterocycles. The van der Waals surface area contributed by atoms with Gasteiger partial charge in [-0.15, -0.1) is 0 Å². The molecule has 0 radical (unpaired) electrons. The third kappa shape index (κ3) is 13.8. The highest BCUT2D eigenvalue weighted by Crippen LogP contribution is 2.37. The molecule has 0 rings (SSSR count). The van der Waals surface area contributed by atoms with Crippen LogP contribution in [0.5, 0.6) is 0 Å². The molecule has 0 aliphatic rings. The second-order valence-corrected chi connectivity index (χ2v) is 20.8. The molecular weight excluding hydrogens is 444 g/mol. The lowest BCUT2D eigenvalue weighted by Gasteiger charge is -2.36. The monoisotopic (exact) mass is 496 g/mol. The van der Waals surface area contributed by atoms with Gasteiger partial charge in [-0.3, -0.25) is 0 Å². The zero-order chi connectivity index (χ0) is 24.9. The van der Waals surface area contributed by atoms with Crippen molar-refractivity contribution < 1.29 is 32.9 Å². The Bertz CT molecular complexity index is 438.